The van der Waals surface area contributed by atoms with Crippen molar-refractivity contribution in [2.45, 2.75) is 67.5 Å². The molecule has 0 aliphatic carbocycles. The third-order valence-electron chi connectivity index (χ3n) is 9.73. The van der Waals surface area contributed by atoms with Crippen molar-refractivity contribution in [2.24, 2.45) is 10.8 Å². The molecule has 0 spiro atoms. The first kappa shape index (κ1) is 41.0. The van der Waals surface area contributed by atoms with E-state index in [1.165, 1.54) is 52.7 Å². The maximum Gasteiger partial charge on any atom is 0.259 e. The fraction of sp³-hybridized carbons (Fsp3) is 0.381. The van der Waals surface area contributed by atoms with Gasteiger partial charge in [-0.3, -0.25) is 19.2 Å². The molecular weight excluding hydrogens is 688 g/mol. The maximum absolute atomic E-state index is 13.8. The topological polar surface area (TPSA) is 153 Å². The van der Waals surface area contributed by atoms with Gasteiger partial charge in [-0.2, -0.15) is 0 Å². The Balaban J connectivity index is 1.64. The van der Waals surface area contributed by atoms with Crippen LogP contribution in [0.15, 0.2) is 60.7 Å². The molecule has 12 nitrogen and oxygen atoms in total. The van der Waals surface area contributed by atoms with E-state index in [1.54, 1.807) is 24.3 Å². The number of ether oxygens (including phenoxy) is 4. The summed E-state index contributed by atoms with van der Waals surface area (Å²) in [7, 11) is 5.63. The number of benzene rings is 4. The molecule has 0 aliphatic heterocycles. The van der Waals surface area contributed by atoms with E-state index < -0.39 is 11.8 Å². The average Bonchev–Trinajstić information content (AvgIpc) is 3.12. The first-order valence-electron chi connectivity index (χ1n) is 17.6. The fourth-order valence-corrected chi connectivity index (χ4v) is 5.54. The molecule has 4 amide bonds. The highest BCUT2D eigenvalue weighted by Crippen LogP contribution is 2.38. The molecule has 4 aromatic rings. The van der Waals surface area contributed by atoms with Crippen LogP contribution in [0.3, 0.4) is 0 Å². The predicted molar refractivity (Wildman–Crippen MR) is 212 cm³/mol. The second-order valence-corrected chi connectivity index (χ2v) is 15.2. The quantitative estimate of drug-likeness (QED) is 0.115. The molecule has 0 fully saturated rings. The molecule has 0 saturated heterocycles. The van der Waals surface area contributed by atoms with Crippen LogP contribution < -0.4 is 40.2 Å². The number of carbonyl (C=O) groups is 4. The van der Waals surface area contributed by atoms with Gasteiger partial charge in [0.2, 0.25) is 0 Å². The van der Waals surface area contributed by atoms with E-state index in [9.17, 15) is 19.2 Å². The first-order valence-corrected chi connectivity index (χ1v) is 17.6. The van der Waals surface area contributed by atoms with Gasteiger partial charge in [-0.15, -0.1) is 0 Å². The molecule has 54 heavy (non-hydrogen) atoms. The van der Waals surface area contributed by atoms with Crippen LogP contribution in [0.4, 0.5) is 11.4 Å². The normalized spacial score (nSPS) is 12.6. The Morgan fingerprint density at radius 3 is 1.00 bits per heavy atom. The third-order valence-corrected chi connectivity index (χ3v) is 9.73. The van der Waals surface area contributed by atoms with E-state index in [4.69, 9.17) is 18.9 Å². The number of methoxy groups -OCH3 is 4. The second kappa shape index (κ2) is 16.5. The summed E-state index contributed by atoms with van der Waals surface area (Å²) in [4.78, 5) is 54.0. The number of hydrogen-bond donors (Lipinski definition) is 4. The van der Waals surface area contributed by atoms with Crippen molar-refractivity contribution in [3.05, 3.63) is 82.9 Å². The van der Waals surface area contributed by atoms with Crippen molar-refractivity contribution in [3.63, 3.8) is 0 Å². The molecule has 4 aromatic carbocycles. The Morgan fingerprint density at radius 2 is 0.741 bits per heavy atom. The Kier molecular flexibility index (Phi) is 12.5. The lowest BCUT2D eigenvalue weighted by Gasteiger charge is -2.28. The number of amides is 4. The molecular formula is C42H52N4O8. The van der Waals surface area contributed by atoms with E-state index in [0.29, 0.717) is 22.1 Å². The highest BCUT2D eigenvalue weighted by Gasteiger charge is 2.29. The minimum absolute atomic E-state index is 0.107. The van der Waals surface area contributed by atoms with Crippen LogP contribution in [0.25, 0.3) is 10.8 Å². The molecule has 0 unspecified atom stereocenters. The van der Waals surface area contributed by atoms with Crippen molar-refractivity contribution >= 4 is 45.8 Å². The number of fused-ring (bicyclic) bond motifs is 1. The lowest BCUT2D eigenvalue weighted by Crippen LogP contribution is -2.41. The van der Waals surface area contributed by atoms with Crippen molar-refractivity contribution in [1.82, 2.24) is 10.6 Å². The van der Waals surface area contributed by atoms with Crippen molar-refractivity contribution < 1.29 is 38.1 Å². The molecule has 0 saturated carbocycles. The second-order valence-electron chi connectivity index (χ2n) is 15.2. The molecule has 4 N–H and O–H groups in total. The number of hydrogen-bond acceptors (Lipinski definition) is 8. The Bertz CT molecular complexity index is 1920. The largest absolute Gasteiger partial charge is 0.492 e. The average molecular weight is 741 g/mol. The molecule has 2 atom stereocenters. The summed E-state index contributed by atoms with van der Waals surface area (Å²) in [6.07, 6.45) is 0. The van der Waals surface area contributed by atoms with Gasteiger partial charge in [-0.05, 0) is 61.1 Å². The number of carbonyl (C=O) groups excluding carboxylic acids is 4. The minimum atomic E-state index is -0.500. The van der Waals surface area contributed by atoms with Gasteiger partial charge in [-0.25, -0.2) is 0 Å². The zero-order chi connectivity index (χ0) is 40.1. The number of nitrogens with one attached hydrogen (secondary N) is 4. The SMILES string of the molecule is COc1c(C(=O)Nc2cccc3c(NC(=O)c4ccc(C(=O)N[C@@H](C)C(C)(C)C)c(OC)c4OC)cccc23)ccc(C(=O)N[C@@H](C)C(C)(C)C)c1OC. The van der Waals surface area contributed by atoms with E-state index in [-0.39, 0.29) is 80.0 Å². The Morgan fingerprint density at radius 1 is 0.463 bits per heavy atom. The predicted octanol–water partition coefficient (Wildman–Crippen LogP) is 7.71. The lowest BCUT2D eigenvalue weighted by molar-refractivity contribution is 0.0898. The van der Waals surface area contributed by atoms with Crippen molar-refractivity contribution in [1.29, 1.82) is 0 Å². The summed E-state index contributed by atoms with van der Waals surface area (Å²) in [6.45, 7) is 16.0. The molecule has 0 aliphatic rings. The molecule has 0 aromatic heterocycles. The van der Waals surface area contributed by atoms with Crippen LogP contribution in [0.1, 0.15) is 96.8 Å². The van der Waals surface area contributed by atoms with E-state index >= 15 is 0 Å². The number of rotatable bonds is 12. The Labute approximate surface area is 317 Å². The van der Waals surface area contributed by atoms with Crippen molar-refractivity contribution in [3.8, 4) is 23.0 Å². The van der Waals surface area contributed by atoms with Crippen LogP contribution in [0, 0.1) is 10.8 Å². The smallest absolute Gasteiger partial charge is 0.259 e. The highest BCUT2D eigenvalue weighted by atomic mass is 16.5. The van der Waals surface area contributed by atoms with Gasteiger partial charge < -0.3 is 40.2 Å². The van der Waals surface area contributed by atoms with Gasteiger partial charge in [-0.1, -0.05) is 65.8 Å². The molecule has 0 heterocycles. The summed E-state index contributed by atoms with van der Waals surface area (Å²) >= 11 is 0. The van der Waals surface area contributed by atoms with Crippen LogP contribution in [0.5, 0.6) is 23.0 Å². The van der Waals surface area contributed by atoms with Crippen LogP contribution in [0.2, 0.25) is 0 Å². The molecule has 288 valence electrons. The Hall–Kier alpha value is -5.78. The van der Waals surface area contributed by atoms with Crippen molar-refractivity contribution in [2.75, 3.05) is 39.1 Å². The van der Waals surface area contributed by atoms with Crippen LogP contribution in [-0.4, -0.2) is 64.2 Å². The summed E-state index contributed by atoms with van der Waals surface area (Å²) in [5, 5.41) is 13.2. The zero-order valence-electron chi connectivity index (χ0n) is 33.2. The van der Waals surface area contributed by atoms with Crippen LogP contribution >= 0.6 is 0 Å². The van der Waals surface area contributed by atoms with Gasteiger partial charge in [0.15, 0.2) is 23.0 Å². The monoisotopic (exact) mass is 740 g/mol. The fourth-order valence-electron chi connectivity index (χ4n) is 5.54. The summed E-state index contributed by atoms with van der Waals surface area (Å²) in [5.41, 5.74) is 1.35. The first-order chi connectivity index (χ1) is 25.4. The van der Waals surface area contributed by atoms with Gasteiger partial charge in [0, 0.05) is 34.2 Å². The lowest BCUT2D eigenvalue weighted by atomic mass is 9.88. The number of anilines is 2. The van der Waals surface area contributed by atoms with E-state index in [0.717, 1.165) is 0 Å². The van der Waals surface area contributed by atoms with Gasteiger partial charge in [0.05, 0.1) is 50.7 Å². The maximum atomic E-state index is 13.8. The highest BCUT2D eigenvalue weighted by molar-refractivity contribution is 6.16. The summed E-state index contributed by atoms with van der Waals surface area (Å²) < 4.78 is 22.4. The molecule has 12 heteroatoms. The third kappa shape index (κ3) is 8.70. The molecule has 4 rings (SSSR count). The standard InChI is InChI=1S/C42H52N4O8/c1-23(41(3,4)5)43-37(47)27-19-21-29(35(53-11)33(27)51-9)39(49)45-31-17-13-16-26-25(31)15-14-18-32(26)46-40(50)30-22-20-28(34(52-10)36(30)54-12)38(48)44-24(2)42(6,7)8/h13-24H,1-12H3,(H,43,47)(H,44,48)(H,45,49)(H,46,50)/t23-,24-/m0/s1. The summed E-state index contributed by atoms with van der Waals surface area (Å²) in [5.74, 6) is -1.23. The molecule has 0 radical (unpaired) electrons. The van der Waals surface area contributed by atoms with Gasteiger partial charge >= 0.3 is 0 Å². The van der Waals surface area contributed by atoms with E-state index in [2.05, 4.69) is 21.3 Å². The van der Waals surface area contributed by atoms with E-state index in [1.807, 2.05) is 67.5 Å². The minimum Gasteiger partial charge on any atom is -0.492 e. The van der Waals surface area contributed by atoms with Gasteiger partial charge in [0.25, 0.3) is 23.6 Å². The summed E-state index contributed by atoms with van der Waals surface area (Å²) in [6, 6.07) is 16.4. The van der Waals surface area contributed by atoms with Crippen LogP contribution in [-0.2, 0) is 0 Å². The van der Waals surface area contributed by atoms with Gasteiger partial charge in [0.1, 0.15) is 0 Å². The molecule has 0 bridgehead atoms. The zero-order valence-corrected chi connectivity index (χ0v) is 33.2.